The molecule has 7 nitrogen and oxygen atoms in total. The van der Waals surface area contributed by atoms with E-state index >= 15 is 0 Å². The summed E-state index contributed by atoms with van der Waals surface area (Å²) in [7, 11) is 6.86. The number of hydrogen-bond donors (Lipinski definition) is 0. The quantitative estimate of drug-likeness (QED) is 0.461. The molecule has 0 aromatic carbocycles. The second-order valence-electron chi connectivity index (χ2n) is 7.25. The highest BCUT2D eigenvalue weighted by Gasteiger charge is 2.20. The lowest BCUT2D eigenvalue weighted by atomic mass is 10.2. The molecule has 0 aromatic rings. The van der Waals surface area contributed by atoms with Gasteiger partial charge in [-0.15, -0.1) is 0 Å². The van der Waals surface area contributed by atoms with E-state index in [1.165, 1.54) is 9.80 Å². The van der Waals surface area contributed by atoms with E-state index in [1.807, 2.05) is 18.2 Å². The number of carbonyl (C=O) groups excluding carboxylic acids is 3. The first-order chi connectivity index (χ1) is 12.1. The Morgan fingerprint density at radius 2 is 1.27 bits per heavy atom. The van der Waals surface area contributed by atoms with Crippen molar-refractivity contribution in [1.82, 2.24) is 19.6 Å². The van der Waals surface area contributed by atoms with Crippen molar-refractivity contribution in [2.75, 3.05) is 72.9 Å². The topological polar surface area (TPSA) is 64.2 Å². The lowest BCUT2D eigenvalue weighted by molar-refractivity contribution is -0.142. The van der Waals surface area contributed by atoms with Crippen LogP contribution >= 0.6 is 11.8 Å². The molecule has 0 aliphatic rings. The molecule has 0 fully saturated rings. The summed E-state index contributed by atoms with van der Waals surface area (Å²) >= 11 is 1.75. The van der Waals surface area contributed by atoms with Crippen molar-refractivity contribution in [2.24, 2.45) is 5.92 Å². The third kappa shape index (κ3) is 10.7. The molecule has 0 aliphatic carbocycles. The maximum absolute atomic E-state index is 12.3. The van der Waals surface area contributed by atoms with Gasteiger partial charge in [-0.3, -0.25) is 19.3 Å². The fraction of sp³-hybridized carbons (Fsp3) is 0.833. The monoisotopic (exact) mass is 388 g/mol. The summed E-state index contributed by atoms with van der Waals surface area (Å²) in [5.41, 5.74) is 0. The lowest BCUT2D eigenvalue weighted by Crippen LogP contribution is -2.46. The van der Waals surface area contributed by atoms with Gasteiger partial charge in [-0.05, 0) is 31.4 Å². The van der Waals surface area contributed by atoms with Gasteiger partial charge in [0.15, 0.2) is 0 Å². The molecule has 0 saturated heterocycles. The molecule has 26 heavy (non-hydrogen) atoms. The highest BCUT2D eigenvalue weighted by molar-refractivity contribution is 7.98. The van der Waals surface area contributed by atoms with Crippen LogP contribution in [0.2, 0.25) is 0 Å². The first-order valence-corrected chi connectivity index (χ1v) is 10.4. The van der Waals surface area contributed by atoms with Crippen LogP contribution in [0.25, 0.3) is 0 Å². The predicted octanol–water partition coefficient (Wildman–Crippen LogP) is 0.703. The molecule has 0 bridgehead atoms. The second-order valence-corrected chi connectivity index (χ2v) is 8.24. The molecule has 152 valence electrons. The third-order valence-electron chi connectivity index (χ3n) is 3.95. The van der Waals surface area contributed by atoms with Crippen LogP contribution in [0.5, 0.6) is 0 Å². The number of thioether (sulfide) groups is 1. The minimum absolute atomic E-state index is 0.0195. The number of likely N-dealkylation sites (N-methyl/N-ethyl adjacent to an activating group) is 4. The van der Waals surface area contributed by atoms with Crippen LogP contribution in [0.3, 0.4) is 0 Å². The molecule has 0 unspecified atom stereocenters. The van der Waals surface area contributed by atoms with Crippen LogP contribution in [0.1, 0.15) is 20.3 Å². The van der Waals surface area contributed by atoms with E-state index in [9.17, 15) is 14.4 Å². The van der Waals surface area contributed by atoms with Crippen molar-refractivity contribution in [3.63, 3.8) is 0 Å². The van der Waals surface area contributed by atoms with Crippen LogP contribution < -0.4 is 0 Å². The highest BCUT2D eigenvalue weighted by Crippen LogP contribution is 2.00. The molecule has 0 N–H and O–H groups in total. The van der Waals surface area contributed by atoms with Gasteiger partial charge < -0.3 is 14.7 Å². The van der Waals surface area contributed by atoms with E-state index < -0.39 is 0 Å². The third-order valence-corrected chi connectivity index (χ3v) is 4.64. The average Bonchev–Trinajstić information content (AvgIpc) is 2.53. The Morgan fingerprint density at radius 1 is 0.808 bits per heavy atom. The zero-order valence-electron chi connectivity index (χ0n) is 17.4. The highest BCUT2D eigenvalue weighted by atomic mass is 32.2. The zero-order valence-corrected chi connectivity index (χ0v) is 18.3. The Kier molecular flexibility index (Phi) is 12.3. The minimum Gasteiger partial charge on any atom is -0.344 e. The maximum Gasteiger partial charge on any atom is 0.242 e. The first kappa shape index (κ1) is 24.7. The van der Waals surface area contributed by atoms with Gasteiger partial charge in [0.25, 0.3) is 0 Å². The SMILES string of the molecule is CSCCCN(C)C(=O)CN(C)C(=O)CN(C)C(=O)CN(C)CC(C)C. The number of carbonyl (C=O) groups is 3. The van der Waals surface area contributed by atoms with Gasteiger partial charge in [0.2, 0.25) is 17.7 Å². The molecule has 0 spiro atoms. The number of amides is 3. The molecule has 0 atom stereocenters. The van der Waals surface area contributed by atoms with Gasteiger partial charge in [-0.2, -0.15) is 11.8 Å². The minimum atomic E-state index is -0.238. The molecule has 0 aromatic heterocycles. The van der Waals surface area contributed by atoms with Crippen LogP contribution in [-0.2, 0) is 14.4 Å². The Labute approximate surface area is 163 Å². The summed E-state index contributed by atoms with van der Waals surface area (Å²) < 4.78 is 0. The largest absolute Gasteiger partial charge is 0.344 e. The summed E-state index contributed by atoms with van der Waals surface area (Å²) in [5.74, 6) is 1.05. The van der Waals surface area contributed by atoms with E-state index in [0.717, 1.165) is 18.7 Å². The van der Waals surface area contributed by atoms with E-state index in [-0.39, 0.29) is 37.4 Å². The molecular formula is C18H36N4O3S. The van der Waals surface area contributed by atoms with Gasteiger partial charge in [0.1, 0.15) is 0 Å². The lowest BCUT2D eigenvalue weighted by Gasteiger charge is -2.26. The number of nitrogens with zero attached hydrogens (tertiary/aromatic N) is 4. The van der Waals surface area contributed by atoms with Gasteiger partial charge in [-0.25, -0.2) is 0 Å². The summed E-state index contributed by atoms with van der Waals surface area (Å²) in [4.78, 5) is 43.0. The van der Waals surface area contributed by atoms with Gasteiger partial charge >= 0.3 is 0 Å². The van der Waals surface area contributed by atoms with Crippen LogP contribution in [0.4, 0.5) is 0 Å². The summed E-state index contributed by atoms with van der Waals surface area (Å²) in [6.07, 6.45) is 2.97. The Bertz CT molecular complexity index is 460. The van der Waals surface area contributed by atoms with Gasteiger partial charge in [0, 0.05) is 34.2 Å². The zero-order chi connectivity index (χ0) is 20.3. The predicted molar refractivity (Wildman–Crippen MR) is 108 cm³/mol. The number of rotatable bonds is 12. The summed E-state index contributed by atoms with van der Waals surface area (Å²) in [5, 5.41) is 0. The Morgan fingerprint density at radius 3 is 1.73 bits per heavy atom. The molecule has 0 aliphatic heterocycles. The van der Waals surface area contributed by atoms with Crippen molar-refractivity contribution in [3.05, 3.63) is 0 Å². The molecular weight excluding hydrogens is 352 g/mol. The van der Waals surface area contributed by atoms with E-state index in [2.05, 4.69) is 13.8 Å². The maximum atomic E-state index is 12.3. The fourth-order valence-corrected chi connectivity index (χ4v) is 2.85. The Hall–Kier alpha value is -1.28. The average molecular weight is 389 g/mol. The van der Waals surface area contributed by atoms with Crippen LogP contribution in [0.15, 0.2) is 0 Å². The molecule has 0 radical (unpaired) electrons. The summed E-state index contributed by atoms with van der Waals surface area (Å²) in [6.45, 7) is 5.99. The van der Waals surface area contributed by atoms with E-state index in [1.54, 1.807) is 37.8 Å². The van der Waals surface area contributed by atoms with E-state index in [4.69, 9.17) is 0 Å². The van der Waals surface area contributed by atoms with Crippen molar-refractivity contribution in [1.29, 1.82) is 0 Å². The normalized spacial score (nSPS) is 11.0. The number of hydrogen-bond acceptors (Lipinski definition) is 5. The molecule has 8 heteroatoms. The second kappa shape index (κ2) is 13.0. The standard InChI is InChI=1S/C18H36N4O3S/c1-15(2)11-19(3)12-16(23)21(5)14-18(25)22(6)13-17(24)20(4)9-8-10-26-7/h15H,8-14H2,1-7H3. The van der Waals surface area contributed by atoms with Crippen LogP contribution in [-0.4, -0.2) is 110 Å². The van der Waals surface area contributed by atoms with E-state index in [0.29, 0.717) is 12.5 Å². The molecule has 0 heterocycles. The van der Waals surface area contributed by atoms with Crippen molar-refractivity contribution < 1.29 is 14.4 Å². The summed E-state index contributed by atoms with van der Waals surface area (Å²) in [6, 6.07) is 0. The van der Waals surface area contributed by atoms with Crippen molar-refractivity contribution in [2.45, 2.75) is 20.3 Å². The molecule has 3 amide bonds. The fourth-order valence-electron chi connectivity index (χ4n) is 2.43. The molecule has 0 saturated carbocycles. The van der Waals surface area contributed by atoms with Gasteiger partial charge in [-0.1, -0.05) is 13.8 Å². The van der Waals surface area contributed by atoms with Gasteiger partial charge in [0.05, 0.1) is 19.6 Å². The van der Waals surface area contributed by atoms with Crippen LogP contribution in [0, 0.1) is 5.92 Å². The smallest absolute Gasteiger partial charge is 0.242 e. The first-order valence-electron chi connectivity index (χ1n) is 8.97. The van der Waals surface area contributed by atoms with Crippen molar-refractivity contribution in [3.8, 4) is 0 Å². The van der Waals surface area contributed by atoms with Crippen molar-refractivity contribution >= 4 is 29.5 Å². The molecule has 0 rings (SSSR count). The Balaban J connectivity index is 4.34.